The molecular weight excluding hydrogens is 276 g/mol. The van der Waals surface area contributed by atoms with Gasteiger partial charge in [0.15, 0.2) is 0 Å². The molecule has 0 fully saturated rings. The van der Waals surface area contributed by atoms with Crippen LogP contribution in [0.3, 0.4) is 0 Å². The third-order valence-electron chi connectivity index (χ3n) is 2.91. The Morgan fingerprint density at radius 2 is 1.85 bits per heavy atom. The summed E-state index contributed by atoms with van der Waals surface area (Å²) >= 11 is 1.25. The molecule has 4 N–H and O–H groups in total. The van der Waals surface area contributed by atoms with Gasteiger partial charge in [-0.05, 0) is 32.9 Å². The van der Waals surface area contributed by atoms with Crippen molar-refractivity contribution in [2.45, 2.75) is 36.8 Å². The molecule has 2 atom stereocenters. The number of carboxylic acids is 1. The van der Waals surface area contributed by atoms with Gasteiger partial charge in [0.1, 0.15) is 6.04 Å². The highest BCUT2D eigenvalue weighted by Crippen LogP contribution is 2.31. The van der Waals surface area contributed by atoms with E-state index in [1.807, 2.05) is 18.2 Å². The first-order valence-corrected chi connectivity index (χ1v) is 7.14. The standard InChI is InChI=1S/C14H20N2O3S/c1-9(20-14(2,3)11(15)13(18)19)12(17)16-10-7-5-4-6-8-10/h4-9,11H,15H2,1-3H3,(H,16,17)(H,18,19)/t9?,11-/m1/s1. The van der Waals surface area contributed by atoms with Crippen molar-refractivity contribution in [2.24, 2.45) is 5.73 Å². The van der Waals surface area contributed by atoms with E-state index in [4.69, 9.17) is 10.8 Å². The lowest BCUT2D eigenvalue weighted by Gasteiger charge is -2.30. The zero-order valence-corrected chi connectivity index (χ0v) is 12.6. The molecule has 0 aromatic heterocycles. The molecule has 0 bridgehead atoms. The van der Waals surface area contributed by atoms with Gasteiger partial charge < -0.3 is 16.2 Å². The number of carbonyl (C=O) groups excluding carboxylic acids is 1. The van der Waals surface area contributed by atoms with Gasteiger partial charge in [-0.2, -0.15) is 0 Å². The summed E-state index contributed by atoms with van der Waals surface area (Å²) < 4.78 is -0.737. The fourth-order valence-electron chi connectivity index (χ4n) is 1.65. The number of rotatable bonds is 6. The second-order valence-electron chi connectivity index (χ2n) is 5.03. The van der Waals surface area contributed by atoms with E-state index in [1.165, 1.54) is 11.8 Å². The number of hydrogen-bond donors (Lipinski definition) is 3. The van der Waals surface area contributed by atoms with E-state index in [0.29, 0.717) is 5.69 Å². The first kappa shape index (κ1) is 16.5. The van der Waals surface area contributed by atoms with Crippen LogP contribution in [-0.4, -0.2) is 33.0 Å². The van der Waals surface area contributed by atoms with Crippen molar-refractivity contribution in [3.8, 4) is 0 Å². The molecule has 0 saturated heterocycles. The molecular formula is C14H20N2O3S. The lowest BCUT2D eigenvalue weighted by molar-refractivity contribution is -0.139. The maximum Gasteiger partial charge on any atom is 0.321 e. The predicted octanol–water partition coefficient (Wildman–Crippen LogP) is 1.94. The van der Waals surface area contributed by atoms with Gasteiger partial charge in [-0.3, -0.25) is 9.59 Å². The van der Waals surface area contributed by atoms with Gasteiger partial charge in [0, 0.05) is 10.4 Å². The highest BCUT2D eigenvalue weighted by molar-refractivity contribution is 8.02. The van der Waals surface area contributed by atoms with Crippen LogP contribution in [0.2, 0.25) is 0 Å². The minimum Gasteiger partial charge on any atom is -0.480 e. The monoisotopic (exact) mass is 296 g/mol. The molecule has 0 spiro atoms. The molecule has 1 amide bonds. The Morgan fingerprint density at radius 3 is 2.35 bits per heavy atom. The zero-order chi connectivity index (χ0) is 15.3. The Hall–Kier alpha value is -1.53. The normalized spacial score (nSPS) is 14.4. The molecule has 1 rings (SSSR count). The molecule has 6 heteroatoms. The molecule has 0 radical (unpaired) electrons. The highest BCUT2D eigenvalue weighted by Gasteiger charge is 2.35. The van der Waals surface area contributed by atoms with Crippen LogP contribution in [0.15, 0.2) is 30.3 Å². The van der Waals surface area contributed by atoms with Crippen LogP contribution in [0.1, 0.15) is 20.8 Å². The molecule has 5 nitrogen and oxygen atoms in total. The highest BCUT2D eigenvalue weighted by atomic mass is 32.2. The summed E-state index contributed by atoms with van der Waals surface area (Å²) in [6, 6.07) is 8.09. The Bertz CT molecular complexity index is 477. The Morgan fingerprint density at radius 1 is 1.30 bits per heavy atom. The minimum absolute atomic E-state index is 0.174. The van der Waals surface area contributed by atoms with E-state index >= 15 is 0 Å². The number of carboxylic acid groups (broad SMARTS) is 1. The van der Waals surface area contributed by atoms with E-state index in [1.54, 1.807) is 32.9 Å². The lowest BCUT2D eigenvalue weighted by Crippen LogP contribution is -2.48. The van der Waals surface area contributed by atoms with Crippen LogP contribution >= 0.6 is 11.8 Å². The summed E-state index contributed by atoms with van der Waals surface area (Å²) in [6.45, 7) is 5.19. The van der Waals surface area contributed by atoms with Crippen LogP contribution in [0.4, 0.5) is 5.69 Å². The van der Waals surface area contributed by atoms with Gasteiger partial charge in [0.25, 0.3) is 0 Å². The first-order chi connectivity index (χ1) is 9.24. The second-order valence-corrected chi connectivity index (χ2v) is 7.03. The molecule has 20 heavy (non-hydrogen) atoms. The van der Waals surface area contributed by atoms with E-state index in [9.17, 15) is 9.59 Å². The number of benzene rings is 1. The summed E-state index contributed by atoms with van der Waals surface area (Å²) in [5, 5.41) is 11.3. The molecule has 0 aliphatic rings. The smallest absolute Gasteiger partial charge is 0.321 e. The fourth-order valence-corrected chi connectivity index (χ4v) is 2.97. The molecule has 1 aromatic carbocycles. The summed E-state index contributed by atoms with van der Waals surface area (Å²) in [6.07, 6.45) is 0. The number of amides is 1. The van der Waals surface area contributed by atoms with Crippen molar-refractivity contribution in [1.82, 2.24) is 0 Å². The van der Waals surface area contributed by atoms with Crippen molar-refractivity contribution in [1.29, 1.82) is 0 Å². The van der Waals surface area contributed by atoms with Crippen LogP contribution in [-0.2, 0) is 9.59 Å². The van der Waals surface area contributed by atoms with E-state index in [-0.39, 0.29) is 5.91 Å². The average molecular weight is 296 g/mol. The van der Waals surface area contributed by atoms with E-state index in [2.05, 4.69) is 5.32 Å². The van der Waals surface area contributed by atoms with E-state index in [0.717, 1.165) is 0 Å². The molecule has 0 aliphatic carbocycles. The maximum atomic E-state index is 12.1. The Balaban J connectivity index is 2.64. The Labute approximate surface area is 122 Å². The maximum absolute atomic E-state index is 12.1. The van der Waals surface area contributed by atoms with Gasteiger partial charge >= 0.3 is 5.97 Å². The van der Waals surface area contributed by atoms with Gasteiger partial charge in [0.05, 0.1) is 5.25 Å². The number of nitrogens with two attached hydrogens (primary N) is 1. The SMILES string of the molecule is CC(SC(C)(C)[C@H](N)C(=O)O)C(=O)Nc1ccccc1. The molecule has 0 heterocycles. The van der Waals surface area contributed by atoms with Crippen LogP contribution in [0.25, 0.3) is 0 Å². The number of anilines is 1. The van der Waals surface area contributed by atoms with Crippen LogP contribution in [0, 0.1) is 0 Å². The molecule has 110 valence electrons. The predicted molar refractivity (Wildman–Crippen MR) is 81.8 cm³/mol. The molecule has 1 unspecified atom stereocenters. The summed E-state index contributed by atoms with van der Waals surface area (Å²) in [7, 11) is 0. The first-order valence-electron chi connectivity index (χ1n) is 6.26. The number of aliphatic carboxylic acids is 1. The number of thioether (sulfide) groups is 1. The van der Waals surface area contributed by atoms with Crippen LogP contribution < -0.4 is 11.1 Å². The van der Waals surface area contributed by atoms with Gasteiger partial charge in [-0.15, -0.1) is 11.8 Å². The summed E-state index contributed by atoms with van der Waals surface area (Å²) in [5.41, 5.74) is 6.36. The minimum atomic E-state index is -1.07. The third kappa shape index (κ3) is 4.54. The number of hydrogen-bond acceptors (Lipinski definition) is 4. The van der Waals surface area contributed by atoms with Gasteiger partial charge in [0.2, 0.25) is 5.91 Å². The number of carbonyl (C=O) groups is 2. The van der Waals surface area contributed by atoms with Gasteiger partial charge in [-0.1, -0.05) is 18.2 Å². The third-order valence-corrected chi connectivity index (χ3v) is 4.34. The van der Waals surface area contributed by atoms with Crippen molar-refractivity contribution < 1.29 is 14.7 Å². The summed E-state index contributed by atoms with van der Waals surface area (Å²) in [5.74, 6) is -1.25. The molecule has 0 saturated carbocycles. The topological polar surface area (TPSA) is 92.4 Å². The van der Waals surface area contributed by atoms with Gasteiger partial charge in [-0.25, -0.2) is 0 Å². The van der Waals surface area contributed by atoms with Crippen LogP contribution in [0.5, 0.6) is 0 Å². The number of nitrogens with one attached hydrogen (secondary N) is 1. The fraction of sp³-hybridized carbons (Fsp3) is 0.429. The quantitative estimate of drug-likeness (QED) is 0.746. The largest absolute Gasteiger partial charge is 0.480 e. The van der Waals surface area contributed by atoms with E-state index < -0.39 is 22.0 Å². The number of para-hydroxylation sites is 1. The average Bonchev–Trinajstić information content (AvgIpc) is 2.38. The second kappa shape index (κ2) is 6.76. The van der Waals surface area contributed by atoms with Crippen molar-refractivity contribution in [2.75, 3.05) is 5.32 Å². The lowest BCUT2D eigenvalue weighted by atomic mass is 10.1. The van der Waals surface area contributed by atoms with Crippen molar-refractivity contribution >= 4 is 29.3 Å². The Kier molecular flexibility index (Phi) is 5.59. The van der Waals surface area contributed by atoms with Crippen molar-refractivity contribution in [3.05, 3.63) is 30.3 Å². The zero-order valence-electron chi connectivity index (χ0n) is 11.8. The molecule has 1 aromatic rings. The van der Waals surface area contributed by atoms with Crippen molar-refractivity contribution in [3.63, 3.8) is 0 Å². The molecule has 0 aliphatic heterocycles. The summed E-state index contributed by atoms with van der Waals surface area (Å²) in [4.78, 5) is 23.0.